The van der Waals surface area contributed by atoms with E-state index in [1.165, 1.54) is 11.1 Å². The molecule has 0 saturated heterocycles. The molecule has 0 amide bonds. The van der Waals surface area contributed by atoms with Gasteiger partial charge in [-0.2, -0.15) is 0 Å². The summed E-state index contributed by atoms with van der Waals surface area (Å²) in [4.78, 5) is 11.1. The fourth-order valence-corrected chi connectivity index (χ4v) is 2.48. The molecule has 0 unspecified atom stereocenters. The second kappa shape index (κ2) is 7.28. The molecule has 0 aliphatic carbocycles. The Kier molecular flexibility index (Phi) is 5.40. The molecule has 0 N–H and O–H groups in total. The van der Waals surface area contributed by atoms with Gasteiger partial charge in [0.05, 0.1) is 5.02 Å². The van der Waals surface area contributed by atoms with Crippen LogP contribution in [0.1, 0.15) is 40.9 Å². The second-order valence-electron chi connectivity index (χ2n) is 4.87. The highest BCUT2D eigenvalue weighted by molar-refractivity contribution is 6.33. The summed E-state index contributed by atoms with van der Waals surface area (Å²) in [5, 5.41) is 0.462. The van der Waals surface area contributed by atoms with Crippen molar-refractivity contribution >= 4 is 17.9 Å². The van der Waals surface area contributed by atoms with Crippen LogP contribution >= 0.6 is 11.6 Å². The van der Waals surface area contributed by atoms with Crippen LogP contribution < -0.4 is 4.74 Å². The summed E-state index contributed by atoms with van der Waals surface area (Å²) < 4.78 is 5.94. The molecular weight excluding hydrogens is 284 g/mol. The quantitative estimate of drug-likeness (QED) is 0.713. The van der Waals surface area contributed by atoms with E-state index in [9.17, 15) is 4.79 Å². The van der Waals surface area contributed by atoms with Gasteiger partial charge in [0.2, 0.25) is 0 Å². The van der Waals surface area contributed by atoms with Crippen LogP contribution in [0.4, 0.5) is 0 Å². The number of aldehydes is 1. The van der Waals surface area contributed by atoms with E-state index in [4.69, 9.17) is 16.3 Å². The molecule has 2 nitrogen and oxygen atoms in total. The summed E-state index contributed by atoms with van der Waals surface area (Å²) in [6, 6.07) is 11.7. The van der Waals surface area contributed by atoms with Crippen LogP contribution in [0, 0.1) is 0 Å². The van der Waals surface area contributed by atoms with Gasteiger partial charge in [0.15, 0.2) is 6.29 Å². The van der Waals surface area contributed by atoms with Gasteiger partial charge in [0.25, 0.3) is 0 Å². The van der Waals surface area contributed by atoms with Gasteiger partial charge >= 0.3 is 0 Å². The Bertz CT molecular complexity index is 635. The Balaban J connectivity index is 2.24. The van der Waals surface area contributed by atoms with E-state index in [1.54, 1.807) is 6.07 Å². The summed E-state index contributed by atoms with van der Waals surface area (Å²) >= 11 is 6.03. The van der Waals surface area contributed by atoms with E-state index in [1.807, 2.05) is 12.1 Å². The molecule has 0 radical (unpaired) electrons. The summed E-state index contributed by atoms with van der Waals surface area (Å²) in [7, 11) is 0. The number of aryl methyl sites for hydroxylation is 2. The van der Waals surface area contributed by atoms with Crippen molar-refractivity contribution in [2.45, 2.75) is 33.3 Å². The molecule has 0 atom stereocenters. The lowest BCUT2D eigenvalue weighted by molar-refractivity contribution is 0.112. The summed E-state index contributed by atoms with van der Waals surface area (Å²) in [5.41, 5.74) is 3.72. The van der Waals surface area contributed by atoms with Crippen molar-refractivity contribution in [3.63, 3.8) is 0 Å². The van der Waals surface area contributed by atoms with Crippen LogP contribution in [0.15, 0.2) is 36.4 Å². The van der Waals surface area contributed by atoms with Crippen molar-refractivity contribution in [3.8, 4) is 5.75 Å². The molecule has 0 fully saturated rings. The van der Waals surface area contributed by atoms with E-state index >= 15 is 0 Å². The maximum Gasteiger partial charge on any atom is 0.151 e. The number of carbonyl (C=O) groups excluding carboxylic acids is 1. The number of hydrogen-bond donors (Lipinski definition) is 0. The average molecular weight is 303 g/mol. The van der Waals surface area contributed by atoms with Gasteiger partial charge in [-0.1, -0.05) is 49.7 Å². The van der Waals surface area contributed by atoms with Crippen molar-refractivity contribution in [2.75, 3.05) is 0 Å². The molecule has 110 valence electrons. The van der Waals surface area contributed by atoms with Crippen LogP contribution in [-0.4, -0.2) is 6.29 Å². The van der Waals surface area contributed by atoms with Gasteiger partial charge in [0, 0.05) is 11.1 Å². The van der Waals surface area contributed by atoms with E-state index in [0.717, 1.165) is 30.4 Å². The van der Waals surface area contributed by atoms with Crippen LogP contribution in [0.2, 0.25) is 5.02 Å². The van der Waals surface area contributed by atoms with Gasteiger partial charge in [-0.05, 0) is 36.1 Å². The van der Waals surface area contributed by atoms with Crippen LogP contribution in [0.3, 0.4) is 0 Å². The summed E-state index contributed by atoms with van der Waals surface area (Å²) in [6.45, 7) is 4.56. The zero-order valence-electron chi connectivity index (χ0n) is 12.4. The number of halogens is 1. The normalized spacial score (nSPS) is 10.4. The number of hydrogen-bond acceptors (Lipinski definition) is 2. The van der Waals surface area contributed by atoms with Gasteiger partial charge in [-0.25, -0.2) is 0 Å². The fraction of sp³-hybridized carbons (Fsp3) is 0.278. The number of benzene rings is 2. The van der Waals surface area contributed by atoms with Crippen molar-refractivity contribution < 1.29 is 9.53 Å². The minimum absolute atomic E-state index is 0.342. The lowest BCUT2D eigenvalue weighted by atomic mass is 10.1. The highest BCUT2D eigenvalue weighted by Crippen LogP contribution is 2.24. The SMILES string of the molecule is CCc1ccc(CC)c(OCc2cccc(Cl)c2C=O)c1. The Hall–Kier alpha value is -1.80. The van der Waals surface area contributed by atoms with Gasteiger partial charge in [-0.3, -0.25) is 4.79 Å². The first-order chi connectivity index (χ1) is 10.2. The minimum atomic E-state index is 0.342. The molecule has 0 aliphatic rings. The number of carbonyl (C=O) groups is 1. The highest BCUT2D eigenvalue weighted by Gasteiger charge is 2.08. The van der Waals surface area contributed by atoms with Gasteiger partial charge in [0.1, 0.15) is 12.4 Å². The van der Waals surface area contributed by atoms with E-state index in [2.05, 4.69) is 32.0 Å². The van der Waals surface area contributed by atoms with E-state index in [0.29, 0.717) is 17.2 Å². The van der Waals surface area contributed by atoms with Crippen molar-refractivity contribution in [1.29, 1.82) is 0 Å². The molecule has 3 heteroatoms. The smallest absolute Gasteiger partial charge is 0.151 e. The second-order valence-corrected chi connectivity index (χ2v) is 5.28. The maximum absolute atomic E-state index is 11.1. The number of ether oxygens (including phenoxy) is 1. The molecule has 2 aromatic carbocycles. The Morgan fingerprint density at radius 3 is 2.57 bits per heavy atom. The van der Waals surface area contributed by atoms with Crippen LogP contribution in [0.5, 0.6) is 5.75 Å². The highest BCUT2D eigenvalue weighted by atomic mass is 35.5. The number of rotatable bonds is 6. The summed E-state index contributed by atoms with van der Waals surface area (Å²) in [6.07, 6.45) is 2.66. The molecule has 0 heterocycles. The Morgan fingerprint density at radius 1 is 1.10 bits per heavy atom. The predicted octanol–water partition coefficient (Wildman–Crippen LogP) is 4.86. The lowest BCUT2D eigenvalue weighted by Crippen LogP contribution is -2.02. The Morgan fingerprint density at radius 2 is 1.90 bits per heavy atom. The molecule has 0 saturated carbocycles. The molecule has 2 aromatic rings. The molecule has 0 spiro atoms. The third-order valence-electron chi connectivity index (χ3n) is 3.56. The molecule has 21 heavy (non-hydrogen) atoms. The molecule has 0 aromatic heterocycles. The van der Waals surface area contributed by atoms with Crippen molar-refractivity contribution in [3.05, 3.63) is 63.7 Å². The predicted molar refractivity (Wildman–Crippen MR) is 86.4 cm³/mol. The van der Waals surface area contributed by atoms with Crippen LogP contribution in [0.25, 0.3) is 0 Å². The molecule has 0 bridgehead atoms. The van der Waals surface area contributed by atoms with E-state index in [-0.39, 0.29) is 0 Å². The fourth-order valence-electron chi connectivity index (χ4n) is 2.24. The third-order valence-corrected chi connectivity index (χ3v) is 3.89. The first kappa shape index (κ1) is 15.6. The minimum Gasteiger partial charge on any atom is -0.489 e. The Labute approximate surface area is 130 Å². The van der Waals surface area contributed by atoms with Crippen LogP contribution in [-0.2, 0) is 19.4 Å². The standard InChI is InChI=1S/C18H19ClO2/c1-3-13-8-9-14(4-2)18(10-13)21-12-15-6-5-7-17(19)16(15)11-20/h5-11H,3-4,12H2,1-2H3. The van der Waals surface area contributed by atoms with Gasteiger partial charge in [-0.15, -0.1) is 0 Å². The van der Waals surface area contributed by atoms with Crippen molar-refractivity contribution in [1.82, 2.24) is 0 Å². The third kappa shape index (κ3) is 3.64. The zero-order chi connectivity index (χ0) is 15.2. The molecule has 0 aliphatic heterocycles. The summed E-state index contributed by atoms with van der Waals surface area (Å²) in [5.74, 6) is 0.883. The zero-order valence-corrected chi connectivity index (χ0v) is 13.1. The topological polar surface area (TPSA) is 26.3 Å². The first-order valence-electron chi connectivity index (χ1n) is 7.16. The molecular formula is C18H19ClO2. The largest absolute Gasteiger partial charge is 0.489 e. The van der Waals surface area contributed by atoms with Crippen molar-refractivity contribution in [2.24, 2.45) is 0 Å². The lowest BCUT2D eigenvalue weighted by Gasteiger charge is -2.13. The first-order valence-corrected chi connectivity index (χ1v) is 7.54. The maximum atomic E-state index is 11.1. The molecule has 2 rings (SSSR count). The average Bonchev–Trinajstić information content (AvgIpc) is 2.52. The monoisotopic (exact) mass is 302 g/mol. The van der Waals surface area contributed by atoms with Gasteiger partial charge < -0.3 is 4.74 Å². The van der Waals surface area contributed by atoms with E-state index < -0.39 is 0 Å².